The summed E-state index contributed by atoms with van der Waals surface area (Å²) in [6.45, 7) is 2.92. The molecule has 1 fully saturated rings. The van der Waals surface area contributed by atoms with Crippen LogP contribution in [0.1, 0.15) is 9.67 Å². The number of hydrogen-bond acceptors (Lipinski definition) is 6. The monoisotopic (exact) mass is 390 g/mol. The second-order valence-corrected chi connectivity index (χ2v) is 7.83. The third-order valence-corrected chi connectivity index (χ3v) is 6.00. The maximum Gasteiger partial charge on any atom is 0.268 e. The highest BCUT2D eigenvalue weighted by Crippen LogP contribution is 2.29. The molecule has 1 aliphatic heterocycles. The Morgan fingerprint density at radius 1 is 1.12 bits per heavy atom. The molecule has 0 saturated carbocycles. The Morgan fingerprint density at radius 2 is 1.96 bits per heavy atom. The van der Waals surface area contributed by atoms with Gasteiger partial charge in [-0.2, -0.15) is 0 Å². The van der Waals surface area contributed by atoms with Gasteiger partial charge in [-0.1, -0.05) is 28.2 Å². The van der Waals surface area contributed by atoms with Crippen LogP contribution in [-0.4, -0.2) is 46.6 Å². The summed E-state index contributed by atoms with van der Waals surface area (Å²) in [5.74, 6) is 0.0177. The van der Waals surface area contributed by atoms with E-state index in [9.17, 15) is 4.79 Å². The van der Waals surface area contributed by atoms with Gasteiger partial charge >= 0.3 is 0 Å². The first-order valence-corrected chi connectivity index (χ1v) is 9.91. The molecule has 2 aromatic heterocycles. The molecule has 1 aromatic carbocycles. The van der Waals surface area contributed by atoms with Crippen molar-refractivity contribution in [2.24, 2.45) is 0 Å². The Bertz CT molecular complexity index is 872. The van der Waals surface area contributed by atoms with Crippen molar-refractivity contribution in [3.8, 4) is 10.6 Å². The third-order valence-electron chi connectivity index (χ3n) is 4.18. The lowest BCUT2D eigenvalue weighted by molar-refractivity contribution is 0.0752. The van der Waals surface area contributed by atoms with E-state index in [2.05, 4.69) is 14.5 Å². The van der Waals surface area contributed by atoms with E-state index in [0.29, 0.717) is 23.7 Å². The van der Waals surface area contributed by atoms with Crippen LogP contribution in [0.4, 0.5) is 5.69 Å². The average Bonchev–Trinajstić information content (AvgIpc) is 3.32. The normalized spacial score (nSPS) is 14.8. The van der Waals surface area contributed by atoms with Crippen LogP contribution in [0.3, 0.4) is 0 Å². The van der Waals surface area contributed by atoms with Crippen LogP contribution in [0.5, 0.6) is 0 Å². The van der Waals surface area contributed by atoms with Crippen LogP contribution in [0.25, 0.3) is 10.6 Å². The first-order chi connectivity index (χ1) is 12.2. The molecule has 1 amide bonds. The van der Waals surface area contributed by atoms with Crippen LogP contribution >= 0.6 is 34.5 Å². The molecular weight excluding hydrogens is 376 g/mol. The number of rotatable bonds is 3. The fourth-order valence-electron chi connectivity index (χ4n) is 2.89. The molecule has 5 nitrogen and oxygen atoms in total. The van der Waals surface area contributed by atoms with Crippen molar-refractivity contribution in [1.29, 1.82) is 0 Å². The van der Waals surface area contributed by atoms with E-state index >= 15 is 0 Å². The summed E-state index contributed by atoms with van der Waals surface area (Å²) in [5.41, 5.74) is 1.79. The third kappa shape index (κ3) is 3.40. The predicted octanol–water partition coefficient (Wildman–Crippen LogP) is 3.88. The summed E-state index contributed by atoms with van der Waals surface area (Å²) in [6.07, 6.45) is 0. The number of carbonyl (C=O) groups is 1. The molecule has 8 heteroatoms. The number of nitrogens with zero attached hydrogens (tertiary/aromatic N) is 4. The molecule has 3 aromatic rings. The van der Waals surface area contributed by atoms with Gasteiger partial charge in [0.1, 0.15) is 10.6 Å². The molecule has 0 radical (unpaired) electrons. The van der Waals surface area contributed by atoms with E-state index in [-0.39, 0.29) is 5.91 Å². The van der Waals surface area contributed by atoms with Crippen LogP contribution < -0.4 is 4.90 Å². The molecule has 128 valence electrons. The summed E-state index contributed by atoms with van der Waals surface area (Å²) in [5, 5.41) is 6.86. The summed E-state index contributed by atoms with van der Waals surface area (Å²) < 4.78 is 3.99. The van der Waals surface area contributed by atoms with Gasteiger partial charge in [0.15, 0.2) is 0 Å². The summed E-state index contributed by atoms with van der Waals surface area (Å²) >= 11 is 8.82. The average molecular weight is 391 g/mol. The Balaban J connectivity index is 1.46. The quantitative estimate of drug-likeness (QED) is 0.680. The zero-order chi connectivity index (χ0) is 17.2. The van der Waals surface area contributed by atoms with Crippen molar-refractivity contribution in [2.75, 3.05) is 31.1 Å². The fourth-order valence-corrected chi connectivity index (χ4v) is 4.50. The van der Waals surface area contributed by atoms with Gasteiger partial charge in [-0.15, -0.1) is 16.4 Å². The zero-order valence-electron chi connectivity index (χ0n) is 13.3. The minimum atomic E-state index is 0.0177. The van der Waals surface area contributed by atoms with E-state index in [4.69, 9.17) is 11.6 Å². The molecule has 3 heterocycles. The Kier molecular flexibility index (Phi) is 4.70. The SMILES string of the molecule is O=C(c1snnc1-c1cccs1)N1CCN(c2cccc(Cl)c2)CC1. The van der Waals surface area contributed by atoms with Crippen LogP contribution in [0, 0.1) is 0 Å². The highest BCUT2D eigenvalue weighted by atomic mass is 35.5. The molecule has 0 spiro atoms. The highest BCUT2D eigenvalue weighted by molar-refractivity contribution is 7.14. The van der Waals surface area contributed by atoms with Crippen LogP contribution in [0.15, 0.2) is 41.8 Å². The molecule has 0 bridgehead atoms. The molecule has 0 N–H and O–H groups in total. The zero-order valence-corrected chi connectivity index (χ0v) is 15.7. The Hall–Kier alpha value is -1.96. The molecular formula is C17H15ClN4OS2. The number of aromatic nitrogens is 2. The number of carbonyl (C=O) groups excluding carboxylic acids is 1. The van der Waals surface area contributed by atoms with E-state index < -0.39 is 0 Å². The second-order valence-electron chi connectivity index (χ2n) is 5.69. The number of halogens is 1. The van der Waals surface area contributed by atoms with E-state index in [1.807, 2.05) is 46.7 Å². The minimum absolute atomic E-state index is 0.0177. The fraction of sp³-hybridized carbons (Fsp3) is 0.235. The van der Waals surface area contributed by atoms with Crippen LogP contribution in [-0.2, 0) is 0 Å². The number of piperazine rings is 1. The van der Waals surface area contributed by atoms with Crippen molar-refractivity contribution in [3.05, 3.63) is 51.7 Å². The Labute approximate surface area is 158 Å². The lowest BCUT2D eigenvalue weighted by Gasteiger charge is -2.36. The summed E-state index contributed by atoms with van der Waals surface area (Å²) in [7, 11) is 0. The van der Waals surface area contributed by atoms with Gasteiger partial charge < -0.3 is 9.80 Å². The molecule has 4 rings (SSSR count). The number of hydrogen-bond donors (Lipinski definition) is 0. The number of benzene rings is 1. The molecule has 0 unspecified atom stereocenters. The molecule has 25 heavy (non-hydrogen) atoms. The van der Waals surface area contributed by atoms with E-state index in [1.54, 1.807) is 11.3 Å². The van der Waals surface area contributed by atoms with Crippen molar-refractivity contribution < 1.29 is 4.79 Å². The van der Waals surface area contributed by atoms with Gasteiger partial charge in [0, 0.05) is 36.9 Å². The molecule has 1 saturated heterocycles. The second kappa shape index (κ2) is 7.11. The number of thiophene rings is 1. The summed E-state index contributed by atoms with van der Waals surface area (Å²) in [6, 6.07) is 11.7. The molecule has 0 aliphatic carbocycles. The largest absolute Gasteiger partial charge is 0.368 e. The lowest BCUT2D eigenvalue weighted by Crippen LogP contribution is -2.48. The standard InChI is InChI=1S/C17H15ClN4OS2/c18-12-3-1-4-13(11-12)21-6-8-22(9-7-21)17(23)16-15(19-20-25-16)14-5-2-10-24-14/h1-5,10-11H,6-9H2. The number of anilines is 1. The van der Waals surface area contributed by atoms with Crippen molar-refractivity contribution in [1.82, 2.24) is 14.5 Å². The first kappa shape index (κ1) is 16.5. The minimum Gasteiger partial charge on any atom is -0.368 e. The van der Waals surface area contributed by atoms with Gasteiger partial charge in [-0.25, -0.2) is 0 Å². The van der Waals surface area contributed by atoms with Crippen molar-refractivity contribution >= 4 is 46.1 Å². The van der Waals surface area contributed by atoms with E-state index in [0.717, 1.165) is 28.7 Å². The van der Waals surface area contributed by atoms with Gasteiger partial charge in [-0.05, 0) is 41.2 Å². The number of amides is 1. The van der Waals surface area contributed by atoms with Gasteiger partial charge in [-0.3, -0.25) is 4.79 Å². The predicted molar refractivity (Wildman–Crippen MR) is 103 cm³/mol. The van der Waals surface area contributed by atoms with Gasteiger partial charge in [0.2, 0.25) is 0 Å². The molecule has 1 aliphatic rings. The van der Waals surface area contributed by atoms with Crippen molar-refractivity contribution in [3.63, 3.8) is 0 Å². The maximum atomic E-state index is 12.9. The maximum absolute atomic E-state index is 12.9. The highest BCUT2D eigenvalue weighted by Gasteiger charge is 2.27. The summed E-state index contributed by atoms with van der Waals surface area (Å²) in [4.78, 5) is 18.6. The smallest absolute Gasteiger partial charge is 0.268 e. The Morgan fingerprint density at radius 3 is 2.68 bits per heavy atom. The lowest BCUT2D eigenvalue weighted by atomic mass is 10.2. The topological polar surface area (TPSA) is 49.3 Å². The van der Waals surface area contributed by atoms with Crippen molar-refractivity contribution in [2.45, 2.75) is 0 Å². The van der Waals surface area contributed by atoms with E-state index in [1.165, 1.54) is 11.5 Å². The van der Waals surface area contributed by atoms with Crippen LogP contribution in [0.2, 0.25) is 5.02 Å². The van der Waals surface area contributed by atoms with Gasteiger partial charge in [0.25, 0.3) is 5.91 Å². The molecule has 0 atom stereocenters. The first-order valence-electron chi connectivity index (χ1n) is 7.88. The van der Waals surface area contributed by atoms with Gasteiger partial charge in [0.05, 0.1) is 4.88 Å².